The predicted molar refractivity (Wildman–Crippen MR) is 115 cm³/mol. The smallest absolute Gasteiger partial charge is 0.340 e. The van der Waals surface area contributed by atoms with E-state index in [4.69, 9.17) is 10.00 Å². The molecule has 3 rings (SSSR count). The van der Waals surface area contributed by atoms with Gasteiger partial charge in [0.2, 0.25) is 0 Å². The monoisotopic (exact) mass is 535 g/mol. The number of sulfone groups is 1. The average Bonchev–Trinajstić information content (AvgIpc) is 2.81. The first-order valence-electron chi connectivity index (χ1n) is 10.3. The van der Waals surface area contributed by atoms with Crippen LogP contribution in [0, 0.1) is 23.0 Å². The van der Waals surface area contributed by atoms with E-state index in [2.05, 4.69) is 0 Å². The number of anilines is 1. The molecule has 7 nitrogen and oxygen atoms in total. The van der Waals surface area contributed by atoms with Gasteiger partial charge >= 0.3 is 12.3 Å². The number of hydrogen-bond acceptors (Lipinski definition) is 6. The fraction of sp³-hybridized carbons (Fsp3) is 0.364. The number of nitrogens with zero attached hydrogens (tertiary/aromatic N) is 3. The minimum Gasteiger partial charge on any atom is -0.486 e. The molecule has 14 heteroatoms. The summed E-state index contributed by atoms with van der Waals surface area (Å²) in [5, 5.41) is 8.79. The zero-order valence-electron chi connectivity index (χ0n) is 18.7. The lowest BCUT2D eigenvalue weighted by atomic mass is 10.1. The van der Waals surface area contributed by atoms with Gasteiger partial charge in [-0.25, -0.2) is 26.0 Å². The van der Waals surface area contributed by atoms with E-state index in [9.17, 15) is 39.6 Å². The van der Waals surface area contributed by atoms with Crippen molar-refractivity contribution >= 4 is 21.4 Å². The van der Waals surface area contributed by atoms with Crippen molar-refractivity contribution in [1.29, 1.82) is 5.26 Å². The number of alkyl halides is 4. The summed E-state index contributed by atoms with van der Waals surface area (Å²) in [7, 11) is -3.82. The lowest BCUT2D eigenvalue weighted by molar-refractivity contribution is -0.148. The maximum atomic E-state index is 14.0. The van der Waals surface area contributed by atoms with Crippen molar-refractivity contribution in [1.82, 2.24) is 4.90 Å². The quantitative estimate of drug-likeness (QED) is 0.505. The molecule has 1 amide bonds. The number of amides is 1. The lowest BCUT2D eigenvalue weighted by Crippen LogP contribution is -2.49. The summed E-state index contributed by atoms with van der Waals surface area (Å²) < 4.78 is 108. The molecule has 0 aromatic heterocycles. The van der Waals surface area contributed by atoms with Crippen molar-refractivity contribution in [3.8, 4) is 11.8 Å². The first-order valence-corrected chi connectivity index (χ1v) is 12.2. The largest absolute Gasteiger partial charge is 0.486 e. The van der Waals surface area contributed by atoms with Gasteiger partial charge in [0.25, 0.3) is 5.91 Å². The van der Waals surface area contributed by atoms with E-state index < -0.39 is 63.2 Å². The van der Waals surface area contributed by atoms with Gasteiger partial charge in [-0.3, -0.25) is 4.79 Å². The predicted octanol–water partition coefficient (Wildman–Crippen LogP) is 3.48. The topological polar surface area (TPSA) is 90.7 Å². The maximum Gasteiger partial charge on any atom is 0.340 e. The van der Waals surface area contributed by atoms with Crippen LogP contribution in [0.5, 0.6) is 5.75 Å². The van der Waals surface area contributed by atoms with E-state index in [0.29, 0.717) is 0 Å². The lowest BCUT2D eigenvalue weighted by Gasteiger charge is -2.36. The number of hydrogen-bond donors (Lipinski definition) is 0. The molecule has 1 heterocycles. The molecule has 0 atom stereocenters. The minimum atomic E-state index is -4.51. The Labute approximate surface area is 202 Å². The summed E-state index contributed by atoms with van der Waals surface area (Å²) in [6.45, 7) is -1.60. The van der Waals surface area contributed by atoms with Gasteiger partial charge in [-0.2, -0.15) is 14.0 Å². The van der Waals surface area contributed by atoms with E-state index in [0.717, 1.165) is 36.6 Å². The van der Waals surface area contributed by atoms with Crippen LogP contribution in [0.15, 0.2) is 35.2 Å². The number of ether oxygens (including phenoxy) is 1. The van der Waals surface area contributed by atoms with Gasteiger partial charge in [0.05, 0.1) is 10.5 Å². The second-order valence-corrected chi connectivity index (χ2v) is 9.97. The molecule has 1 aliphatic heterocycles. The summed E-state index contributed by atoms with van der Waals surface area (Å²) in [6, 6.07) is 6.20. The Morgan fingerprint density at radius 2 is 1.69 bits per heavy atom. The highest BCUT2D eigenvalue weighted by molar-refractivity contribution is 7.90. The number of rotatable bonds is 7. The van der Waals surface area contributed by atoms with E-state index in [1.54, 1.807) is 4.90 Å². The molecular formula is C22H19F6N3O4S. The highest BCUT2D eigenvalue weighted by Crippen LogP contribution is 2.29. The number of piperazine rings is 1. The Morgan fingerprint density at radius 1 is 1.11 bits per heavy atom. The second-order valence-electron chi connectivity index (χ2n) is 7.96. The van der Waals surface area contributed by atoms with Gasteiger partial charge in [0.15, 0.2) is 16.4 Å². The van der Waals surface area contributed by atoms with Crippen molar-refractivity contribution in [2.75, 3.05) is 43.9 Å². The molecule has 0 spiro atoms. The zero-order chi connectivity index (χ0) is 26.8. The molecule has 0 aliphatic carbocycles. The van der Waals surface area contributed by atoms with Gasteiger partial charge in [-0.05, 0) is 30.3 Å². The third-order valence-corrected chi connectivity index (χ3v) is 6.53. The Bertz CT molecular complexity index is 1280. The van der Waals surface area contributed by atoms with Crippen LogP contribution >= 0.6 is 0 Å². The van der Waals surface area contributed by atoms with Gasteiger partial charge in [0, 0.05) is 38.1 Å². The molecular weight excluding hydrogens is 516 g/mol. The third-order valence-electron chi connectivity index (χ3n) is 5.42. The van der Waals surface area contributed by atoms with Crippen molar-refractivity contribution in [2.24, 2.45) is 0 Å². The molecule has 0 radical (unpaired) electrons. The second kappa shape index (κ2) is 10.3. The minimum absolute atomic E-state index is 0.0161. The molecule has 1 fully saturated rings. The fourth-order valence-corrected chi connectivity index (χ4v) is 4.10. The number of nitriles is 1. The zero-order valence-corrected chi connectivity index (χ0v) is 19.5. The van der Waals surface area contributed by atoms with Crippen LogP contribution in [0.25, 0.3) is 0 Å². The number of benzene rings is 2. The van der Waals surface area contributed by atoms with Crippen molar-refractivity contribution in [3.63, 3.8) is 0 Å². The Kier molecular flexibility index (Phi) is 7.73. The molecule has 0 unspecified atom stereocenters. The fourth-order valence-electron chi connectivity index (χ4n) is 3.46. The van der Waals surface area contributed by atoms with Crippen LogP contribution in [0.3, 0.4) is 0 Å². The first kappa shape index (κ1) is 27.1. The highest BCUT2D eigenvalue weighted by Gasteiger charge is 2.42. The van der Waals surface area contributed by atoms with Crippen LogP contribution in [-0.2, 0) is 9.84 Å². The Balaban J connectivity index is 1.82. The Morgan fingerprint density at radius 3 is 2.19 bits per heavy atom. The van der Waals surface area contributed by atoms with Gasteiger partial charge in [-0.1, -0.05) is 0 Å². The van der Waals surface area contributed by atoms with Crippen LogP contribution in [0.1, 0.15) is 15.9 Å². The number of carbonyl (C=O) groups is 1. The van der Waals surface area contributed by atoms with Crippen molar-refractivity contribution in [3.05, 3.63) is 53.1 Å². The normalized spacial score (nSPS) is 14.6. The summed E-state index contributed by atoms with van der Waals surface area (Å²) in [5.41, 5.74) is -1.02. The first-order chi connectivity index (χ1) is 16.7. The maximum absolute atomic E-state index is 14.0. The van der Waals surface area contributed by atoms with Crippen LogP contribution < -0.4 is 9.64 Å². The molecule has 2 aromatic rings. The number of carbonyl (C=O) groups excluding carboxylic acids is 1. The molecule has 0 saturated carbocycles. The molecule has 1 saturated heterocycles. The van der Waals surface area contributed by atoms with E-state index >= 15 is 0 Å². The summed E-state index contributed by atoms with van der Waals surface area (Å²) in [6.07, 6.45) is -3.16. The third kappa shape index (κ3) is 5.84. The molecule has 1 aliphatic rings. The number of halogens is 6. The molecule has 0 bridgehead atoms. The van der Waals surface area contributed by atoms with Crippen molar-refractivity contribution < 1.29 is 44.3 Å². The SMILES string of the molecule is CS(=O)(=O)c1ccc(OCC(F)(F)C(F)F)c(C(=O)N2CCN(c3cc(F)c(C#N)c(F)c3)CC2)c1. The molecule has 0 N–H and O–H groups in total. The van der Waals surface area contributed by atoms with E-state index in [-0.39, 0.29) is 36.8 Å². The standard InChI is InChI=1S/C22H19F6N3O4S/c1-36(33,34)14-2-3-19(35-12-22(27,28)21(25)26)15(10-14)20(32)31-6-4-30(5-7-31)13-8-17(23)16(11-29)18(24)9-13/h2-3,8-10,21H,4-7,12H2,1H3. The van der Waals surface area contributed by atoms with E-state index in [1.807, 2.05) is 0 Å². The van der Waals surface area contributed by atoms with Gasteiger partial charge in [0.1, 0.15) is 29.0 Å². The summed E-state index contributed by atoms with van der Waals surface area (Å²) in [5.74, 6) is -7.93. The molecule has 36 heavy (non-hydrogen) atoms. The highest BCUT2D eigenvalue weighted by atomic mass is 32.2. The van der Waals surface area contributed by atoms with Crippen LogP contribution in [-0.4, -0.2) is 70.6 Å². The molecule has 2 aromatic carbocycles. The van der Waals surface area contributed by atoms with Crippen molar-refractivity contribution in [2.45, 2.75) is 17.2 Å². The average molecular weight is 535 g/mol. The molecule has 194 valence electrons. The Hall–Kier alpha value is -3.47. The van der Waals surface area contributed by atoms with Gasteiger partial charge < -0.3 is 14.5 Å². The summed E-state index contributed by atoms with van der Waals surface area (Å²) >= 11 is 0. The summed E-state index contributed by atoms with van der Waals surface area (Å²) in [4.78, 5) is 15.6. The van der Waals surface area contributed by atoms with Crippen LogP contribution in [0.4, 0.5) is 32.0 Å². The van der Waals surface area contributed by atoms with Crippen LogP contribution in [0.2, 0.25) is 0 Å². The van der Waals surface area contributed by atoms with E-state index in [1.165, 1.54) is 11.0 Å². The van der Waals surface area contributed by atoms with Gasteiger partial charge in [-0.15, -0.1) is 0 Å².